The number of hydrogen-bond donors (Lipinski definition) is 3. The number of aliphatic hydroxyl groups is 1. The van der Waals surface area contributed by atoms with Gasteiger partial charge in [-0.25, -0.2) is 13.6 Å². The molecule has 1 unspecified atom stereocenters. The number of hydrogen-bond acceptors (Lipinski definition) is 5. The lowest BCUT2D eigenvalue weighted by molar-refractivity contribution is 0.182. The summed E-state index contributed by atoms with van der Waals surface area (Å²) in [6.45, 7) is -0.0373. The van der Waals surface area contributed by atoms with E-state index in [-0.39, 0.29) is 11.4 Å². The molecule has 1 aromatic carbocycles. The average molecular weight is 246 g/mol. The number of nitrogens with two attached hydrogens (primary N) is 2. The number of benzene rings is 1. The van der Waals surface area contributed by atoms with Crippen molar-refractivity contribution in [2.24, 2.45) is 10.9 Å². The Kier molecular flexibility index (Phi) is 3.87. The Hall–Kier alpha value is -1.15. The maximum atomic E-state index is 11.1. The Morgan fingerprint density at radius 1 is 1.50 bits per heavy atom. The van der Waals surface area contributed by atoms with Crippen LogP contribution in [0.4, 0.5) is 0 Å². The van der Waals surface area contributed by atoms with Gasteiger partial charge in [0.1, 0.15) is 5.75 Å². The minimum Gasteiger partial charge on any atom is -0.496 e. The maximum Gasteiger partial charge on any atom is 0.238 e. The molecule has 0 aliphatic rings. The number of ether oxygens (including phenoxy) is 1. The van der Waals surface area contributed by atoms with Gasteiger partial charge in [0.15, 0.2) is 0 Å². The zero-order chi connectivity index (χ0) is 12.3. The van der Waals surface area contributed by atoms with Crippen LogP contribution >= 0.6 is 0 Å². The van der Waals surface area contributed by atoms with E-state index in [0.717, 1.165) is 0 Å². The second kappa shape index (κ2) is 4.79. The highest BCUT2D eigenvalue weighted by molar-refractivity contribution is 7.89. The molecule has 0 bridgehead atoms. The van der Waals surface area contributed by atoms with Gasteiger partial charge in [0.2, 0.25) is 10.0 Å². The summed E-state index contributed by atoms with van der Waals surface area (Å²) in [5.41, 5.74) is 5.60. The van der Waals surface area contributed by atoms with Crippen molar-refractivity contribution < 1.29 is 18.3 Å². The smallest absolute Gasteiger partial charge is 0.238 e. The van der Waals surface area contributed by atoms with Gasteiger partial charge in [-0.3, -0.25) is 0 Å². The van der Waals surface area contributed by atoms with Crippen LogP contribution in [-0.4, -0.2) is 27.2 Å². The van der Waals surface area contributed by atoms with E-state index in [1.54, 1.807) is 0 Å². The number of methoxy groups -OCH3 is 1. The molecule has 0 aliphatic heterocycles. The third-order valence-corrected chi connectivity index (χ3v) is 3.02. The molecule has 1 rings (SSSR count). The molecule has 0 aliphatic carbocycles. The predicted octanol–water partition coefficient (Wildman–Crippen LogP) is -0.665. The zero-order valence-electron chi connectivity index (χ0n) is 8.75. The zero-order valence-corrected chi connectivity index (χ0v) is 9.57. The fraction of sp³-hybridized carbons (Fsp3) is 0.333. The molecule has 1 aromatic rings. The Morgan fingerprint density at radius 3 is 2.56 bits per heavy atom. The average Bonchev–Trinajstić information content (AvgIpc) is 2.25. The summed E-state index contributed by atoms with van der Waals surface area (Å²) in [6.07, 6.45) is -0.989. The van der Waals surface area contributed by atoms with Gasteiger partial charge in [0.05, 0.1) is 18.1 Å². The van der Waals surface area contributed by atoms with Crippen molar-refractivity contribution in [3.63, 3.8) is 0 Å². The summed E-state index contributed by atoms with van der Waals surface area (Å²) in [5.74, 6) is 0.366. The Labute approximate surface area is 93.9 Å². The normalized spacial score (nSPS) is 13.5. The lowest BCUT2D eigenvalue weighted by Gasteiger charge is -2.13. The van der Waals surface area contributed by atoms with E-state index in [1.807, 2.05) is 0 Å². The van der Waals surface area contributed by atoms with Crippen molar-refractivity contribution in [2.45, 2.75) is 11.0 Å². The topological polar surface area (TPSA) is 116 Å². The Balaban J connectivity index is 3.32. The van der Waals surface area contributed by atoms with Crippen molar-refractivity contribution in [1.82, 2.24) is 0 Å². The van der Waals surface area contributed by atoms with E-state index in [4.69, 9.17) is 15.6 Å². The Morgan fingerprint density at radius 2 is 2.12 bits per heavy atom. The molecule has 7 heteroatoms. The summed E-state index contributed by atoms with van der Waals surface area (Å²) in [6, 6.07) is 3.99. The quantitative estimate of drug-likeness (QED) is 0.652. The van der Waals surface area contributed by atoms with Gasteiger partial charge in [-0.1, -0.05) is 0 Å². The summed E-state index contributed by atoms with van der Waals surface area (Å²) in [4.78, 5) is -0.0872. The number of sulfonamides is 1. The predicted molar refractivity (Wildman–Crippen MR) is 58.4 cm³/mol. The van der Waals surface area contributed by atoms with E-state index < -0.39 is 16.1 Å². The molecular weight excluding hydrogens is 232 g/mol. The highest BCUT2D eigenvalue weighted by Crippen LogP contribution is 2.27. The summed E-state index contributed by atoms with van der Waals surface area (Å²) in [5, 5.41) is 14.6. The van der Waals surface area contributed by atoms with Crippen LogP contribution in [0.5, 0.6) is 5.75 Å². The summed E-state index contributed by atoms with van der Waals surface area (Å²) >= 11 is 0. The molecule has 0 fully saturated rings. The SMILES string of the molecule is COc1ccc(S(N)(=O)=O)cc1C(O)CN. The first kappa shape index (κ1) is 12.9. The van der Waals surface area contributed by atoms with Crippen molar-refractivity contribution in [2.75, 3.05) is 13.7 Å². The highest BCUT2D eigenvalue weighted by atomic mass is 32.2. The molecule has 0 radical (unpaired) electrons. The van der Waals surface area contributed by atoms with Crippen LogP contribution in [0.2, 0.25) is 0 Å². The van der Waals surface area contributed by atoms with Crippen LogP contribution in [0.15, 0.2) is 23.1 Å². The monoisotopic (exact) mass is 246 g/mol. The van der Waals surface area contributed by atoms with Crippen LogP contribution in [0.1, 0.15) is 11.7 Å². The molecule has 1 atom stereocenters. The van der Waals surface area contributed by atoms with Crippen LogP contribution in [0.3, 0.4) is 0 Å². The molecule has 0 amide bonds. The molecule has 16 heavy (non-hydrogen) atoms. The van der Waals surface area contributed by atoms with Gasteiger partial charge < -0.3 is 15.6 Å². The first-order valence-electron chi connectivity index (χ1n) is 4.49. The van der Waals surface area contributed by atoms with Crippen molar-refractivity contribution in [3.8, 4) is 5.75 Å². The molecular formula is C9H14N2O4S. The largest absolute Gasteiger partial charge is 0.496 e. The van der Waals surface area contributed by atoms with E-state index in [9.17, 15) is 13.5 Å². The first-order valence-corrected chi connectivity index (χ1v) is 6.03. The van der Waals surface area contributed by atoms with Gasteiger partial charge in [-0.2, -0.15) is 0 Å². The van der Waals surface area contributed by atoms with E-state index in [0.29, 0.717) is 11.3 Å². The van der Waals surface area contributed by atoms with Crippen molar-refractivity contribution >= 4 is 10.0 Å². The molecule has 5 N–H and O–H groups in total. The van der Waals surface area contributed by atoms with Gasteiger partial charge in [0, 0.05) is 12.1 Å². The summed E-state index contributed by atoms with van der Waals surface area (Å²) < 4.78 is 27.2. The first-order chi connectivity index (χ1) is 7.40. The van der Waals surface area contributed by atoms with Gasteiger partial charge in [-0.05, 0) is 18.2 Å². The van der Waals surface area contributed by atoms with Crippen molar-refractivity contribution in [3.05, 3.63) is 23.8 Å². The number of aliphatic hydroxyl groups excluding tert-OH is 1. The standard InChI is InChI=1S/C9H14N2O4S/c1-15-9-3-2-6(16(11,13)14)4-7(9)8(12)5-10/h2-4,8,12H,5,10H2,1H3,(H2,11,13,14). The van der Waals surface area contributed by atoms with Gasteiger partial charge in [0.25, 0.3) is 0 Å². The minimum atomic E-state index is -3.80. The molecule has 6 nitrogen and oxygen atoms in total. The second-order valence-corrected chi connectivity index (χ2v) is 4.76. The van der Waals surface area contributed by atoms with Crippen molar-refractivity contribution in [1.29, 1.82) is 0 Å². The van der Waals surface area contributed by atoms with Crippen LogP contribution in [0, 0.1) is 0 Å². The number of rotatable bonds is 4. The van der Waals surface area contributed by atoms with Crippen LogP contribution in [-0.2, 0) is 10.0 Å². The maximum absolute atomic E-state index is 11.1. The lowest BCUT2D eigenvalue weighted by atomic mass is 10.1. The molecule has 0 spiro atoms. The molecule has 0 saturated carbocycles. The number of primary sulfonamides is 1. The van der Waals surface area contributed by atoms with Crippen LogP contribution in [0.25, 0.3) is 0 Å². The Bertz CT molecular complexity index is 472. The van der Waals surface area contributed by atoms with E-state index in [1.165, 1.54) is 25.3 Å². The molecule has 0 heterocycles. The molecule has 0 saturated heterocycles. The highest BCUT2D eigenvalue weighted by Gasteiger charge is 2.16. The third kappa shape index (κ3) is 2.70. The van der Waals surface area contributed by atoms with Gasteiger partial charge >= 0.3 is 0 Å². The lowest BCUT2D eigenvalue weighted by Crippen LogP contribution is -2.16. The van der Waals surface area contributed by atoms with E-state index in [2.05, 4.69) is 0 Å². The second-order valence-electron chi connectivity index (χ2n) is 3.20. The molecule has 0 aromatic heterocycles. The fourth-order valence-corrected chi connectivity index (χ4v) is 1.83. The van der Waals surface area contributed by atoms with Crippen LogP contribution < -0.4 is 15.6 Å². The minimum absolute atomic E-state index is 0.0373. The molecule has 90 valence electrons. The fourth-order valence-electron chi connectivity index (χ4n) is 1.28. The third-order valence-electron chi connectivity index (χ3n) is 2.11. The van der Waals surface area contributed by atoms with E-state index >= 15 is 0 Å². The van der Waals surface area contributed by atoms with Gasteiger partial charge in [-0.15, -0.1) is 0 Å². The summed E-state index contributed by atoms with van der Waals surface area (Å²) in [7, 11) is -2.38.